The van der Waals surface area contributed by atoms with Gasteiger partial charge in [0.05, 0.1) is 11.2 Å². The van der Waals surface area contributed by atoms with E-state index in [1.165, 1.54) is 24.7 Å². The predicted molar refractivity (Wildman–Crippen MR) is 58.5 cm³/mol. The number of halogens is 3. The molecular formula is C10H5Cl2FN2O. The van der Waals surface area contributed by atoms with Gasteiger partial charge in [-0.2, -0.15) is 0 Å². The highest BCUT2D eigenvalue weighted by Gasteiger charge is 2.08. The Hall–Kier alpha value is -1.39. The van der Waals surface area contributed by atoms with Crippen LogP contribution in [0.2, 0.25) is 10.2 Å². The first-order chi connectivity index (χ1) is 7.66. The predicted octanol–water partition coefficient (Wildman–Crippen LogP) is 3.71. The second-order valence-electron chi connectivity index (χ2n) is 2.85. The molecule has 0 aliphatic rings. The van der Waals surface area contributed by atoms with Gasteiger partial charge >= 0.3 is 0 Å². The topological polar surface area (TPSA) is 35.0 Å². The van der Waals surface area contributed by atoms with Gasteiger partial charge in [0.2, 0.25) is 0 Å². The minimum Gasteiger partial charge on any atom is -0.451 e. The number of ether oxygens (including phenoxy) is 1. The molecular weight excluding hydrogens is 254 g/mol. The zero-order valence-electron chi connectivity index (χ0n) is 7.82. The van der Waals surface area contributed by atoms with Gasteiger partial charge in [-0.3, -0.25) is 0 Å². The smallest absolute Gasteiger partial charge is 0.183 e. The number of benzene rings is 1. The van der Waals surface area contributed by atoms with Crippen molar-refractivity contribution >= 4 is 23.2 Å². The lowest BCUT2D eigenvalue weighted by Gasteiger charge is -2.07. The summed E-state index contributed by atoms with van der Waals surface area (Å²) in [5, 5.41) is 0.315. The third-order valence-corrected chi connectivity index (χ3v) is 2.33. The van der Waals surface area contributed by atoms with Crippen LogP contribution in [0, 0.1) is 5.82 Å². The second-order valence-corrected chi connectivity index (χ2v) is 3.62. The summed E-state index contributed by atoms with van der Waals surface area (Å²) in [7, 11) is 0. The van der Waals surface area contributed by atoms with Crippen molar-refractivity contribution in [1.82, 2.24) is 9.97 Å². The fourth-order valence-electron chi connectivity index (χ4n) is 1.05. The van der Waals surface area contributed by atoms with Crippen molar-refractivity contribution in [3.05, 3.63) is 46.7 Å². The van der Waals surface area contributed by atoms with Crippen molar-refractivity contribution < 1.29 is 9.13 Å². The third kappa shape index (κ3) is 2.40. The van der Waals surface area contributed by atoms with Crippen LogP contribution >= 0.6 is 23.2 Å². The quantitative estimate of drug-likeness (QED) is 0.771. The molecule has 1 aromatic carbocycles. The van der Waals surface area contributed by atoms with E-state index in [-0.39, 0.29) is 15.9 Å². The molecule has 82 valence electrons. The Kier molecular flexibility index (Phi) is 3.22. The summed E-state index contributed by atoms with van der Waals surface area (Å²) >= 11 is 11.5. The van der Waals surface area contributed by atoms with E-state index in [1.54, 1.807) is 0 Å². The van der Waals surface area contributed by atoms with Crippen LogP contribution in [0.4, 0.5) is 4.39 Å². The number of aromatic nitrogens is 2. The maximum absolute atomic E-state index is 12.8. The highest BCUT2D eigenvalue weighted by atomic mass is 35.5. The van der Waals surface area contributed by atoms with Crippen LogP contribution in [0.1, 0.15) is 0 Å². The number of hydrogen-bond acceptors (Lipinski definition) is 3. The molecule has 16 heavy (non-hydrogen) atoms. The number of rotatable bonds is 2. The lowest BCUT2D eigenvalue weighted by atomic mass is 10.3. The minimum absolute atomic E-state index is 0.153. The summed E-state index contributed by atoms with van der Waals surface area (Å²) in [6.07, 6.45) is 2.69. The molecule has 0 radical (unpaired) electrons. The summed E-state index contributed by atoms with van der Waals surface area (Å²) < 4.78 is 18.1. The fourth-order valence-corrected chi connectivity index (χ4v) is 1.38. The lowest BCUT2D eigenvalue weighted by Crippen LogP contribution is -1.89. The summed E-state index contributed by atoms with van der Waals surface area (Å²) in [6.45, 7) is 0. The van der Waals surface area contributed by atoms with Crippen molar-refractivity contribution in [2.24, 2.45) is 0 Å². The molecule has 2 aromatic rings. The Bertz CT molecular complexity index is 522. The van der Waals surface area contributed by atoms with Gasteiger partial charge in [-0.1, -0.05) is 23.2 Å². The summed E-state index contributed by atoms with van der Waals surface area (Å²) in [5.74, 6) is 0.116. The second kappa shape index (κ2) is 4.63. The molecule has 0 saturated carbocycles. The zero-order chi connectivity index (χ0) is 11.5. The molecule has 3 nitrogen and oxygen atoms in total. The normalized spacial score (nSPS) is 10.2. The molecule has 0 amide bonds. The first-order valence-corrected chi connectivity index (χ1v) is 5.01. The van der Waals surface area contributed by atoms with Gasteiger partial charge in [0, 0.05) is 0 Å². The van der Waals surface area contributed by atoms with Crippen LogP contribution in [0.5, 0.6) is 11.5 Å². The Morgan fingerprint density at radius 2 is 2.00 bits per heavy atom. The number of nitrogens with zero attached hydrogens (tertiary/aromatic N) is 2. The van der Waals surface area contributed by atoms with E-state index < -0.39 is 5.82 Å². The van der Waals surface area contributed by atoms with E-state index in [0.29, 0.717) is 5.75 Å². The molecule has 1 aromatic heterocycles. The molecule has 2 rings (SSSR count). The molecule has 0 N–H and O–H groups in total. The Balaban J connectivity index is 2.31. The van der Waals surface area contributed by atoms with Gasteiger partial charge in [-0.15, -0.1) is 0 Å². The largest absolute Gasteiger partial charge is 0.451 e. The first kappa shape index (κ1) is 11.1. The average molecular weight is 259 g/mol. The maximum Gasteiger partial charge on any atom is 0.183 e. The molecule has 0 atom stereocenters. The molecule has 0 spiro atoms. The average Bonchev–Trinajstić information content (AvgIpc) is 2.25. The van der Waals surface area contributed by atoms with Crippen LogP contribution in [0.15, 0.2) is 30.7 Å². The molecule has 0 unspecified atom stereocenters. The standard InChI is InChI=1S/C10H5Cl2FN2O/c11-7-3-6(13)1-2-8(7)16-9-4-14-5-15-10(9)12/h1-5H. The minimum atomic E-state index is -0.437. The van der Waals surface area contributed by atoms with Gasteiger partial charge < -0.3 is 4.74 Å². The van der Waals surface area contributed by atoms with E-state index in [9.17, 15) is 4.39 Å². The van der Waals surface area contributed by atoms with Gasteiger partial charge in [0.1, 0.15) is 17.9 Å². The first-order valence-electron chi connectivity index (χ1n) is 4.25. The van der Waals surface area contributed by atoms with Gasteiger partial charge in [-0.25, -0.2) is 14.4 Å². The van der Waals surface area contributed by atoms with Crippen LogP contribution in [0.25, 0.3) is 0 Å². The van der Waals surface area contributed by atoms with Crippen LogP contribution in [-0.2, 0) is 0 Å². The van der Waals surface area contributed by atoms with E-state index in [2.05, 4.69) is 9.97 Å². The van der Waals surface area contributed by atoms with Crippen LogP contribution in [0.3, 0.4) is 0 Å². The van der Waals surface area contributed by atoms with E-state index >= 15 is 0 Å². The van der Waals surface area contributed by atoms with E-state index in [4.69, 9.17) is 27.9 Å². The molecule has 0 fully saturated rings. The Morgan fingerprint density at radius 1 is 1.19 bits per heavy atom. The number of hydrogen-bond donors (Lipinski definition) is 0. The van der Waals surface area contributed by atoms with Crippen molar-refractivity contribution in [2.45, 2.75) is 0 Å². The summed E-state index contributed by atoms with van der Waals surface area (Å²) in [6, 6.07) is 3.79. The Morgan fingerprint density at radius 3 is 2.69 bits per heavy atom. The van der Waals surface area contributed by atoms with E-state index in [0.717, 1.165) is 6.07 Å². The summed E-state index contributed by atoms with van der Waals surface area (Å²) in [5.41, 5.74) is 0. The van der Waals surface area contributed by atoms with Gasteiger partial charge in [0.15, 0.2) is 10.9 Å². The molecule has 1 heterocycles. The van der Waals surface area contributed by atoms with Gasteiger partial charge in [0.25, 0.3) is 0 Å². The molecule has 0 aliphatic carbocycles. The zero-order valence-corrected chi connectivity index (χ0v) is 9.34. The van der Waals surface area contributed by atoms with Crippen molar-refractivity contribution in [2.75, 3.05) is 0 Å². The SMILES string of the molecule is Fc1ccc(Oc2cncnc2Cl)c(Cl)c1. The fraction of sp³-hybridized carbons (Fsp3) is 0. The maximum atomic E-state index is 12.8. The molecule has 0 aliphatic heterocycles. The van der Waals surface area contributed by atoms with Gasteiger partial charge in [-0.05, 0) is 18.2 Å². The van der Waals surface area contributed by atoms with Crippen molar-refractivity contribution in [3.8, 4) is 11.5 Å². The van der Waals surface area contributed by atoms with E-state index in [1.807, 2.05) is 0 Å². The highest BCUT2D eigenvalue weighted by molar-refractivity contribution is 6.32. The highest BCUT2D eigenvalue weighted by Crippen LogP contribution is 2.31. The molecule has 6 heteroatoms. The van der Waals surface area contributed by atoms with Crippen molar-refractivity contribution in [3.63, 3.8) is 0 Å². The molecule has 0 bridgehead atoms. The molecule has 0 saturated heterocycles. The van der Waals surface area contributed by atoms with Crippen LogP contribution < -0.4 is 4.74 Å². The lowest BCUT2D eigenvalue weighted by molar-refractivity contribution is 0.476. The van der Waals surface area contributed by atoms with Crippen LogP contribution in [-0.4, -0.2) is 9.97 Å². The van der Waals surface area contributed by atoms with Crippen molar-refractivity contribution in [1.29, 1.82) is 0 Å². The monoisotopic (exact) mass is 258 g/mol. The summed E-state index contributed by atoms with van der Waals surface area (Å²) in [4.78, 5) is 7.49. The Labute approximate surface area is 101 Å². The third-order valence-electron chi connectivity index (χ3n) is 1.75.